The number of hydrogen-bond donors (Lipinski definition) is 3. The Balaban J connectivity index is 3.72. The predicted octanol–water partition coefficient (Wildman–Crippen LogP) is -1.90. The number of carbonyl (C=O) groups is 1. The van der Waals surface area contributed by atoms with E-state index in [1.807, 2.05) is 0 Å². The molecule has 0 spiro atoms. The summed E-state index contributed by atoms with van der Waals surface area (Å²) in [5, 5.41) is 25.1. The van der Waals surface area contributed by atoms with E-state index in [2.05, 4.69) is 0 Å². The van der Waals surface area contributed by atoms with E-state index in [0.717, 1.165) is 4.90 Å². The second-order valence-corrected chi connectivity index (χ2v) is 1.86. The molecule has 5 nitrogen and oxygen atoms in total. The zero-order chi connectivity index (χ0) is 8.15. The highest BCUT2D eigenvalue weighted by atomic mass is 16.5. The Bertz CT molecular complexity index is 114. The van der Waals surface area contributed by atoms with Crippen molar-refractivity contribution in [3.05, 3.63) is 0 Å². The summed E-state index contributed by atoms with van der Waals surface area (Å²) in [6, 6.07) is 0. The van der Waals surface area contributed by atoms with Crippen LogP contribution in [-0.2, 0) is 4.79 Å². The van der Waals surface area contributed by atoms with Crippen LogP contribution >= 0.6 is 0 Å². The molecule has 10 heavy (non-hydrogen) atoms. The summed E-state index contributed by atoms with van der Waals surface area (Å²) in [5.41, 5.74) is 0. The summed E-state index contributed by atoms with van der Waals surface area (Å²) in [5.74, 6) is -0.393. The zero-order valence-electron chi connectivity index (χ0n) is 5.69. The third kappa shape index (κ3) is 3.39. The van der Waals surface area contributed by atoms with Gasteiger partial charge in [-0.3, -0.25) is 4.79 Å². The molecule has 0 bridgehead atoms. The van der Waals surface area contributed by atoms with E-state index in [4.69, 9.17) is 15.3 Å². The Hall–Kier alpha value is -0.650. The van der Waals surface area contributed by atoms with Crippen molar-refractivity contribution in [2.45, 2.75) is 13.2 Å². The molecule has 0 aromatic carbocycles. The normalized spacial score (nSPS) is 10.1. The second kappa shape index (κ2) is 4.21. The van der Waals surface area contributed by atoms with E-state index in [9.17, 15) is 4.79 Å². The highest BCUT2D eigenvalue weighted by molar-refractivity contribution is 5.72. The first-order chi connectivity index (χ1) is 4.57. The van der Waals surface area contributed by atoms with Crippen LogP contribution in [0.1, 0.15) is 6.92 Å². The molecule has 0 aliphatic rings. The maximum absolute atomic E-state index is 10.5. The minimum absolute atomic E-state index is 0.258. The van der Waals surface area contributed by atoms with Gasteiger partial charge in [-0.1, -0.05) is 0 Å². The van der Waals surface area contributed by atoms with Gasteiger partial charge >= 0.3 is 0 Å². The summed E-state index contributed by atoms with van der Waals surface area (Å²) in [6.45, 7) is 0.484. The van der Waals surface area contributed by atoms with Gasteiger partial charge in [0.2, 0.25) is 5.91 Å². The maximum atomic E-state index is 10.5. The van der Waals surface area contributed by atoms with Crippen LogP contribution in [-0.4, -0.2) is 45.7 Å². The van der Waals surface area contributed by atoms with E-state index in [1.54, 1.807) is 0 Å². The van der Waals surface area contributed by atoms with Crippen LogP contribution in [0.25, 0.3) is 0 Å². The maximum Gasteiger partial charge on any atom is 0.221 e. The Morgan fingerprint density at radius 3 is 2.20 bits per heavy atom. The Kier molecular flexibility index (Phi) is 3.94. The van der Waals surface area contributed by atoms with E-state index in [-0.39, 0.29) is 6.54 Å². The molecular formula is C5H11NO4. The smallest absolute Gasteiger partial charge is 0.221 e. The molecule has 0 rings (SSSR count). The molecule has 0 saturated carbocycles. The topological polar surface area (TPSA) is 81.0 Å². The number of nitrogens with zero attached hydrogens (tertiary/aromatic N) is 1. The first-order valence-corrected chi connectivity index (χ1v) is 2.80. The lowest BCUT2D eigenvalue weighted by Gasteiger charge is -2.18. The lowest BCUT2D eigenvalue weighted by Crippen LogP contribution is -2.36. The molecule has 3 N–H and O–H groups in total. The molecule has 0 aromatic heterocycles. The molecule has 0 heterocycles. The third-order valence-corrected chi connectivity index (χ3v) is 1.000. The van der Waals surface area contributed by atoms with Crippen molar-refractivity contribution in [3.8, 4) is 0 Å². The standard InChI is InChI=1S/C5H11NO4/c1-4(8)6(3-7)2-5(9)10/h5,7,9-10H,2-3H2,1H3. The quantitative estimate of drug-likeness (QED) is 0.409. The van der Waals surface area contributed by atoms with Crippen molar-refractivity contribution in [1.29, 1.82) is 0 Å². The van der Waals surface area contributed by atoms with Gasteiger partial charge in [-0.2, -0.15) is 0 Å². The van der Waals surface area contributed by atoms with Crippen molar-refractivity contribution in [1.82, 2.24) is 4.90 Å². The Morgan fingerprint density at radius 2 is 2.10 bits per heavy atom. The van der Waals surface area contributed by atoms with Gasteiger partial charge in [-0.05, 0) is 0 Å². The van der Waals surface area contributed by atoms with Gasteiger partial charge in [0.05, 0.1) is 6.54 Å². The molecule has 0 radical (unpaired) electrons. The fourth-order valence-corrected chi connectivity index (χ4v) is 0.483. The monoisotopic (exact) mass is 149 g/mol. The molecule has 0 saturated heterocycles. The average molecular weight is 149 g/mol. The molecule has 5 heteroatoms. The van der Waals surface area contributed by atoms with Crippen LogP contribution in [0, 0.1) is 0 Å². The number of hydrogen-bond acceptors (Lipinski definition) is 4. The van der Waals surface area contributed by atoms with Crippen molar-refractivity contribution in [2.75, 3.05) is 13.3 Å². The number of carbonyl (C=O) groups excluding carboxylic acids is 1. The van der Waals surface area contributed by atoms with Gasteiger partial charge < -0.3 is 20.2 Å². The lowest BCUT2D eigenvalue weighted by molar-refractivity contribution is -0.140. The van der Waals surface area contributed by atoms with Crippen molar-refractivity contribution < 1.29 is 20.1 Å². The summed E-state index contributed by atoms with van der Waals surface area (Å²) in [7, 11) is 0. The van der Waals surface area contributed by atoms with Crippen molar-refractivity contribution in [2.24, 2.45) is 0 Å². The highest BCUT2D eigenvalue weighted by Gasteiger charge is 2.09. The molecule has 0 fully saturated rings. The van der Waals surface area contributed by atoms with Gasteiger partial charge in [0, 0.05) is 6.92 Å². The van der Waals surface area contributed by atoms with E-state index in [0.29, 0.717) is 0 Å². The SMILES string of the molecule is CC(=O)N(CO)CC(O)O. The van der Waals surface area contributed by atoms with E-state index >= 15 is 0 Å². The van der Waals surface area contributed by atoms with Crippen LogP contribution in [0.3, 0.4) is 0 Å². The minimum Gasteiger partial charge on any atom is -0.376 e. The van der Waals surface area contributed by atoms with Crippen LogP contribution < -0.4 is 0 Å². The van der Waals surface area contributed by atoms with Crippen LogP contribution in [0.4, 0.5) is 0 Å². The van der Waals surface area contributed by atoms with Crippen molar-refractivity contribution >= 4 is 5.91 Å². The molecule has 0 aliphatic heterocycles. The van der Waals surface area contributed by atoms with E-state index < -0.39 is 18.9 Å². The molecule has 60 valence electrons. The number of amides is 1. The second-order valence-electron chi connectivity index (χ2n) is 1.86. The van der Waals surface area contributed by atoms with Gasteiger partial charge in [0.15, 0.2) is 6.29 Å². The van der Waals surface area contributed by atoms with Crippen LogP contribution in [0.15, 0.2) is 0 Å². The van der Waals surface area contributed by atoms with Crippen LogP contribution in [0.2, 0.25) is 0 Å². The largest absolute Gasteiger partial charge is 0.376 e. The zero-order valence-corrected chi connectivity index (χ0v) is 5.69. The van der Waals surface area contributed by atoms with Crippen molar-refractivity contribution in [3.63, 3.8) is 0 Å². The number of rotatable bonds is 3. The summed E-state index contributed by atoms with van der Waals surface area (Å²) in [6.07, 6.45) is -1.59. The molecule has 0 aromatic rings. The first-order valence-electron chi connectivity index (χ1n) is 2.80. The Morgan fingerprint density at radius 1 is 1.60 bits per heavy atom. The third-order valence-electron chi connectivity index (χ3n) is 1.000. The molecule has 0 unspecified atom stereocenters. The van der Waals surface area contributed by atoms with Gasteiger partial charge in [-0.15, -0.1) is 0 Å². The fraction of sp³-hybridized carbons (Fsp3) is 0.800. The molecule has 1 amide bonds. The van der Waals surface area contributed by atoms with E-state index in [1.165, 1.54) is 6.92 Å². The predicted molar refractivity (Wildman–Crippen MR) is 32.7 cm³/mol. The minimum atomic E-state index is -1.59. The highest BCUT2D eigenvalue weighted by Crippen LogP contribution is 1.88. The summed E-state index contributed by atoms with van der Waals surface area (Å²) in [4.78, 5) is 11.4. The Labute approximate surface area is 58.5 Å². The first kappa shape index (κ1) is 9.35. The average Bonchev–Trinajstić information content (AvgIpc) is 1.81. The van der Waals surface area contributed by atoms with Gasteiger partial charge in [-0.25, -0.2) is 0 Å². The number of aliphatic hydroxyl groups is 3. The summed E-state index contributed by atoms with van der Waals surface area (Å²) < 4.78 is 0. The van der Waals surface area contributed by atoms with Gasteiger partial charge in [0.1, 0.15) is 6.73 Å². The summed E-state index contributed by atoms with van der Waals surface area (Å²) >= 11 is 0. The van der Waals surface area contributed by atoms with Crippen LogP contribution in [0.5, 0.6) is 0 Å². The lowest BCUT2D eigenvalue weighted by atomic mass is 10.5. The molecule has 0 aliphatic carbocycles. The number of aliphatic hydroxyl groups excluding tert-OH is 2. The molecule has 0 atom stereocenters. The fourth-order valence-electron chi connectivity index (χ4n) is 0.483. The van der Waals surface area contributed by atoms with Gasteiger partial charge in [0.25, 0.3) is 0 Å². The molecular weight excluding hydrogens is 138 g/mol.